The molecule has 3 heteroatoms. The Kier molecular flexibility index (Phi) is 4.83. The minimum Gasteiger partial charge on any atom is -0.376 e. The summed E-state index contributed by atoms with van der Waals surface area (Å²) in [6, 6.07) is 0. The fourth-order valence-corrected chi connectivity index (χ4v) is 3.19. The van der Waals surface area contributed by atoms with Crippen LogP contribution >= 0.6 is 0 Å². The molecule has 0 atom stereocenters. The van der Waals surface area contributed by atoms with E-state index in [2.05, 4.69) is 12.2 Å². The van der Waals surface area contributed by atoms with Crippen molar-refractivity contribution in [3.8, 4) is 0 Å². The molecular weight excluding hydrogens is 214 g/mol. The first-order valence-corrected chi connectivity index (χ1v) is 7.18. The maximum atomic E-state index is 6.29. The topological polar surface area (TPSA) is 30.5 Å². The molecule has 0 spiro atoms. The third kappa shape index (κ3) is 3.43. The Morgan fingerprint density at radius 2 is 2.00 bits per heavy atom. The number of hydrogen-bond acceptors (Lipinski definition) is 3. The largest absolute Gasteiger partial charge is 0.376 e. The fraction of sp³-hybridized carbons (Fsp3) is 1.00. The van der Waals surface area contributed by atoms with Crippen LogP contribution in [-0.4, -0.2) is 38.5 Å². The molecule has 1 N–H and O–H groups in total. The first-order chi connectivity index (χ1) is 8.28. The van der Waals surface area contributed by atoms with E-state index in [0.717, 1.165) is 25.7 Å². The van der Waals surface area contributed by atoms with Gasteiger partial charge in [-0.3, -0.25) is 0 Å². The minimum absolute atomic E-state index is 0.0907. The predicted molar refractivity (Wildman–Crippen MR) is 69.2 cm³/mol. The fourth-order valence-electron chi connectivity index (χ4n) is 3.19. The summed E-state index contributed by atoms with van der Waals surface area (Å²) in [5.41, 5.74) is 0.0907. The van der Waals surface area contributed by atoms with Crippen LogP contribution in [0.1, 0.15) is 45.4 Å². The van der Waals surface area contributed by atoms with Crippen molar-refractivity contribution in [3.05, 3.63) is 0 Å². The normalized spacial score (nSPS) is 34.6. The van der Waals surface area contributed by atoms with Crippen LogP contribution in [0.15, 0.2) is 0 Å². The van der Waals surface area contributed by atoms with E-state index < -0.39 is 0 Å². The van der Waals surface area contributed by atoms with Crippen molar-refractivity contribution in [1.29, 1.82) is 0 Å². The standard InChI is InChI=1S/C14H27NO2/c1-3-4-12-5-7-14(8-6-12,11-15-2)17-13-9-16-10-13/h12-13,15H,3-11H2,1-2H3. The average Bonchev–Trinajstić information content (AvgIpc) is 2.28. The summed E-state index contributed by atoms with van der Waals surface area (Å²) < 4.78 is 11.5. The van der Waals surface area contributed by atoms with Gasteiger partial charge in [0.1, 0.15) is 6.10 Å². The first-order valence-electron chi connectivity index (χ1n) is 7.18. The molecule has 1 aliphatic heterocycles. The van der Waals surface area contributed by atoms with Crippen molar-refractivity contribution < 1.29 is 9.47 Å². The van der Waals surface area contributed by atoms with Gasteiger partial charge in [-0.15, -0.1) is 0 Å². The quantitative estimate of drug-likeness (QED) is 0.774. The van der Waals surface area contributed by atoms with Crippen LogP contribution in [0, 0.1) is 5.92 Å². The molecule has 2 rings (SSSR count). The van der Waals surface area contributed by atoms with Gasteiger partial charge in [0.05, 0.1) is 18.8 Å². The van der Waals surface area contributed by atoms with E-state index in [4.69, 9.17) is 9.47 Å². The molecule has 2 aliphatic rings. The van der Waals surface area contributed by atoms with Crippen molar-refractivity contribution in [1.82, 2.24) is 5.32 Å². The molecule has 1 heterocycles. The highest BCUT2D eigenvalue weighted by molar-refractivity contribution is 4.90. The number of likely N-dealkylation sites (N-methyl/N-ethyl adjacent to an activating group) is 1. The molecule has 3 nitrogen and oxygen atoms in total. The van der Waals surface area contributed by atoms with Crippen LogP contribution in [-0.2, 0) is 9.47 Å². The molecule has 0 unspecified atom stereocenters. The average molecular weight is 241 g/mol. The highest BCUT2D eigenvalue weighted by Gasteiger charge is 2.39. The molecule has 17 heavy (non-hydrogen) atoms. The summed E-state index contributed by atoms with van der Waals surface area (Å²) in [5, 5.41) is 3.31. The first kappa shape index (κ1) is 13.3. The van der Waals surface area contributed by atoms with E-state index in [0.29, 0.717) is 6.10 Å². The summed E-state index contributed by atoms with van der Waals surface area (Å²) in [7, 11) is 2.03. The van der Waals surface area contributed by atoms with Gasteiger partial charge in [0, 0.05) is 6.54 Å². The van der Waals surface area contributed by atoms with Crippen molar-refractivity contribution in [2.24, 2.45) is 5.92 Å². The second-order valence-electron chi connectivity index (χ2n) is 5.72. The molecule has 0 bridgehead atoms. The second kappa shape index (κ2) is 6.17. The van der Waals surface area contributed by atoms with E-state index >= 15 is 0 Å². The number of hydrogen-bond donors (Lipinski definition) is 1. The van der Waals surface area contributed by atoms with Crippen molar-refractivity contribution in [2.45, 2.75) is 57.2 Å². The highest BCUT2D eigenvalue weighted by atomic mass is 16.6. The molecular formula is C14H27NO2. The third-order valence-corrected chi connectivity index (χ3v) is 4.24. The lowest BCUT2D eigenvalue weighted by Gasteiger charge is -2.44. The van der Waals surface area contributed by atoms with E-state index in [1.54, 1.807) is 0 Å². The summed E-state index contributed by atoms with van der Waals surface area (Å²) in [5.74, 6) is 0.936. The van der Waals surface area contributed by atoms with Gasteiger partial charge in [-0.25, -0.2) is 0 Å². The lowest BCUT2D eigenvalue weighted by atomic mass is 9.77. The van der Waals surface area contributed by atoms with Crippen LogP contribution in [0.5, 0.6) is 0 Å². The molecule has 0 aromatic carbocycles. The highest BCUT2D eigenvalue weighted by Crippen LogP contribution is 2.37. The van der Waals surface area contributed by atoms with Gasteiger partial charge in [-0.1, -0.05) is 19.8 Å². The van der Waals surface area contributed by atoms with E-state index in [9.17, 15) is 0 Å². The molecule has 100 valence electrons. The summed E-state index contributed by atoms with van der Waals surface area (Å²) in [6.07, 6.45) is 8.17. The SMILES string of the molecule is CCCC1CCC(CNC)(OC2COC2)CC1. The molecule has 0 aromatic heterocycles. The molecule has 0 amide bonds. The van der Waals surface area contributed by atoms with Gasteiger partial charge >= 0.3 is 0 Å². The number of ether oxygens (including phenoxy) is 2. The zero-order valence-electron chi connectivity index (χ0n) is 11.3. The number of rotatable bonds is 6. The Balaban J connectivity index is 1.84. The van der Waals surface area contributed by atoms with Crippen LogP contribution < -0.4 is 5.32 Å². The Hall–Kier alpha value is -0.120. The monoisotopic (exact) mass is 241 g/mol. The lowest BCUT2D eigenvalue weighted by molar-refractivity contribution is -0.202. The van der Waals surface area contributed by atoms with Gasteiger partial charge in [0.2, 0.25) is 0 Å². The zero-order valence-corrected chi connectivity index (χ0v) is 11.3. The van der Waals surface area contributed by atoms with Gasteiger partial charge in [0.15, 0.2) is 0 Å². The molecule has 1 saturated carbocycles. The molecule has 0 radical (unpaired) electrons. The third-order valence-electron chi connectivity index (χ3n) is 4.24. The van der Waals surface area contributed by atoms with Gasteiger partial charge in [-0.05, 0) is 38.6 Å². The summed E-state index contributed by atoms with van der Waals surface area (Å²) >= 11 is 0. The molecule has 0 aromatic rings. The van der Waals surface area contributed by atoms with E-state index in [1.807, 2.05) is 7.05 Å². The van der Waals surface area contributed by atoms with Crippen molar-refractivity contribution in [2.75, 3.05) is 26.8 Å². The van der Waals surface area contributed by atoms with E-state index in [-0.39, 0.29) is 5.60 Å². The van der Waals surface area contributed by atoms with E-state index in [1.165, 1.54) is 38.5 Å². The molecule has 1 saturated heterocycles. The zero-order chi connectivity index (χ0) is 12.1. The maximum Gasteiger partial charge on any atom is 0.105 e. The van der Waals surface area contributed by atoms with Gasteiger partial charge in [-0.2, -0.15) is 0 Å². The summed E-state index contributed by atoms with van der Waals surface area (Å²) in [6.45, 7) is 4.87. The van der Waals surface area contributed by atoms with Crippen LogP contribution in [0.4, 0.5) is 0 Å². The predicted octanol–water partition coefficient (Wildman–Crippen LogP) is 2.35. The number of nitrogens with one attached hydrogen (secondary N) is 1. The van der Waals surface area contributed by atoms with Crippen LogP contribution in [0.3, 0.4) is 0 Å². The molecule has 2 fully saturated rings. The minimum atomic E-state index is 0.0907. The second-order valence-corrected chi connectivity index (χ2v) is 5.72. The Labute approximate surface area is 105 Å². The maximum absolute atomic E-state index is 6.29. The van der Waals surface area contributed by atoms with Crippen LogP contribution in [0.25, 0.3) is 0 Å². The summed E-state index contributed by atoms with van der Waals surface area (Å²) in [4.78, 5) is 0. The van der Waals surface area contributed by atoms with Crippen molar-refractivity contribution in [3.63, 3.8) is 0 Å². The molecule has 1 aliphatic carbocycles. The van der Waals surface area contributed by atoms with Crippen LogP contribution in [0.2, 0.25) is 0 Å². The smallest absolute Gasteiger partial charge is 0.105 e. The van der Waals surface area contributed by atoms with Crippen molar-refractivity contribution >= 4 is 0 Å². The Bertz CT molecular complexity index is 220. The Morgan fingerprint density at radius 3 is 2.47 bits per heavy atom. The Morgan fingerprint density at radius 1 is 1.29 bits per heavy atom. The van der Waals surface area contributed by atoms with Gasteiger partial charge in [0.25, 0.3) is 0 Å². The lowest BCUT2D eigenvalue weighted by Crippen LogP contribution is -2.51. The van der Waals surface area contributed by atoms with Gasteiger partial charge < -0.3 is 14.8 Å².